The highest BCUT2D eigenvalue weighted by atomic mass is 16.5. The summed E-state index contributed by atoms with van der Waals surface area (Å²) in [6.07, 6.45) is 0.749. The number of hydrogen-bond donors (Lipinski definition) is 2. The molecular formula is C14H21NO5. The highest BCUT2D eigenvalue weighted by Gasteiger charge is 2.11. The fourth-order valence-corrected chi connectivity index (χ4v) is 1.64. The van der Waals surface area contributed by atoms with Crippen molar-refractivity contribution < 1.29 is 24.1 Å². The molecule has 0 unspecified atom stereocenters. The Labute approximate surface area is 118 Å². The van der Waals surface area contributed by atoms with E-state index in [1.807, 2.05) is 0 Å². The van der Waals surface area contributed by atoms with Crippen LogP contribution in [0.15, 0.2) is 18.2 Å². The summed E-state index contributed by atoms with van der Waals surface area (Å²) < 4.78 is 15.5. The van der Waals surface area contributed by atoms with Crippen LogP contribution >= 0.6 is 0 Å². The fraction of sp³-hybridized carbons (Fsp3) is 0.500. The van der Waals surface area contributed by atoms with Gasteiger partial charge in [-0.15, -0.1) is 0 Å². The van der Waals surface area contributed by atoms with Crippen LogP contribution in [0.5, 0.6) is 11.5 Å². The molecule has 0 aromatic heterocycles. The van der Waals surface area contributed by atoms with E-state index in [-0.39, 0.29) is 19.1 Å². The van der Waals surface area contributed by atoms with Gasteiger partial charge in [-0.2, -0.15) is 0 Å². The summed E-state index contributed by atoms with van der Waals surface area (Å²) in [4.78, 5) is 11.6. The average molecular weight is 283 g/mol. The summed E-state index contributed by atoms with van der Waals surface area (Å²) >= 11 is 0. The van der Waals surface area contributed by atoms with Crippen molar-refractivity contribution in [3.8, 4) is 11.5 Å². The minimum absolute atomic E-state index is 0.125. The van der Waals surface area contributed by atoms with Crippen molar-refractivity contribution in [2.45, 2.75) is 13.0 Å². The van der Waals surface area contributed by atoms with E-state index in [4.69, 9.17) is 14.2 Å². The zero-order valence-electron chi connectivity index (χ0n) is 11.8. The molecule has 0 spiro atoms. The second-order valence-corrected chi connectivity index (χ2v) is 4.09. The third-order valence-electron chi connectivity index (χ3n) is 2.65. The Balaban J connectivity index is 2.50. The third kappa shape index (κ3) is 5.07. The standard InChI is InChI=1S/C14H21NO5/c1-18-8-4-7-15-13(17)10-20-14-11(9-16)5-3-6-12(14)19-2/h3,5-6,16H,4,7-10H2,1-2H3,(H,15,17). The van der Waals surface area contributed by atoms with Crippen molar-refractivity contribution in [2.75, 3.05) is 34.0 Å². The van der Waals surface area contributed by atoms with Crippen molar-refractivity contribution in [3.63, 3.8) is 0 Å². The highest BCUT2D eigenvalue weighted by molar-refractivity contribution is 5.77. The lowest BCUT2D eigenvalue weighted by Gasteiger charge is -2.13. The number of nitrogens with one attached hydrogen (secondary N) is 1. The number of hydrogen-bond acceptors (Lipinski definition) is 5. The topological polar surface area (TPSA) is 77.0 Å². The average Bonchev–Trinajstić information content (AvgIpc) is 2.49. The van der Waals surface area contributed by atoms with Gasteiger partial charge in [0, 0.05) is 25.8 Å². The molecule has 0 aliphatic carbocycles. The number of rotatable bonds is 9. The predicted octanol–water partition coefficient (Wildman–Crippen LogP) is 0.719. The van der Waals surface area contributed by atoms with Gasteiger partial charge in [-0.05, 0) is 12.5 Å². The van der Waals surface area contributed by atoms with Gasteiger partial charge in [0.05, 0.1) is 13.7 Å². The molecule has 1 aromatic rings. The first kappa shape index (κ1) is 16.3. The van der Waals surface area contributed by atoms with Crippen LogP contribution < -0.4 is 14.8 Å². The maximum atomic E-state index is 11.6. The van der Waals surface area contributed by atoms with Crippen LogP contribution in [-0.2, 0) is 16.1 Å². The molecule has 0 heterocycles. The molecule has 1 amide bonds. The molecule has 1 rings (SSSR count). The third-order valence-corrected chi connectivity index (χ3v) is 2.65. The SMILES string of the molecule is COCCCNC(=O)COc1c(CO)cccc1OC. The van der Waals surface area contributed by atoms with Gasteiger partial charge in [0.2, 0.25) is 0 Å². The molecular weight excluding hydrogens is 262 g/mol. The summed E-state index contributed by atoms with van der Waals surface area (Å²) in [6, 6.07) is 5.18. The molecule has 0 saturated heterocycles. The molecule has 1 aromatic carbocycles. The number of aliphatic hydroxyl groups is 1. The number of aliphatic hydroxyl groups excluding tert-OH is 1. The smallest absolute Gasteiger partial charge is 0.257 e. The van der Waals surface area contributed by atoms with Gasteiger partial charge in [0.1, 0.15) is 0 Å². The van der Waals surface area contributed by atoms with E-state index in [1.165, 1.54) is 7.11 Å². The minimum Gasteiger partial charge on any atom is -0.493 e. The Morgan fingerprint density at radius 2 is 2.15 bits per heavy atom. The van der Waals surface area contributed by atoms with E-state index >= 15 is 0 Å². The van der Waals surface area contributed by atoms with Gasteiger partial charge >= 0.3 is 0 Å². The van der Waals surface area contributed by atoms with Crippen molar-refractivity contribution in [1.82, 2.24) is 5.32 Å². The molecule has 20 heavy (non-hydrogen) atoms. The van der Waals surface area contributed by atoms with E-state index in [0.717, 1.165) is 6.42 Å². The molecule has 0 radical (unpaired) electrons. The minimum atomic E-state index is -0.226. The fourth-order valence-electron chi connectivity index (χ4n) is 1.64. The van der Waals surface area contributed by atoms with Gasteiger partial charge < -0.3 is 24.6 Å². The molecule has 0 saturated carbocycles. The van der Waals surface area contributed by atoms with Crippen molar-refractivity contribution >= 4 is 5.91 Å². The summed E-state index contributed by atoms with van der Waals surface area (Å²) in [5.74, 6) is 0.657. The predicted molar refractivity (Wildman–Crippen MR) is 73.9 cm³/mol. The molecule has 6 nitrogen and oxygen atoms in total. The Morgan fingerprint density at radius 1 is 1.35 bits per heavy atom. The van der Waals surface area contributed by atoms with Gasteiger partial charge in [0.25, 0.3) is 5.91 Å². The van der Waals surface area contributed by atoms with E-state index < -0.39 is 0 Å². The highest BCUT2D eigenvalue weighted by Crippen LogP contribution is 2.30. The number of carbonyl (C=O) groups excluding carboxylic acids is 1. The summed E-state index contributed by atoms with van der Waals surface area (Å²) in [7, 11) is 3.12. The summed E-state index contributed by atoms with van der Waals surface area (Å²) in [5, 5.41) is 12.0. The second-order valence-electron chi connectivity index (χ2n) is 4.09. The van der Waals surface area contributed by atoms with Crippen LogP contribution in [0.25, 0.3) is 0 Å². The normalized spacial score (nSPS) is 10.2. The lowest BCUT2D eigenvalue weighted by molar-refractivity contribution is -0.123. The largest absolute Gasteiger partial charge is 0.493 e. The molecule has 0 atom stereocenters. The van der Waals surface area contributed by atoms with Crippen molar-refractivity contribution in [3.05, 3.63) is 23.8 Å². The number of ether oxygens (including phenoxy) is 3. The molecule has 0 aliphatic heterocycles. The second kappa shape index (κ2) is 9.17. The van der Waals surface area contributed by atoms with Gasteiger partial charge in [0.15, 0.2) is 18.1 Å². The zero-order valence-corrected chi connectivity index (χ0v) is 11.8. The first-order valence-electron chi connectivity index (χ1n) is 6.38. The Bertz CT molecular complexity index is 400. The molecule has 0 bridgehead atoms. The number of para-hydroxylation sites is 1. The Morgan fingerprint density at radius 3 is 2.80 bits per heavy atom. The Hall–Kier alpha value is -1.79. The van der Waals surface area contributed by atoms with Crippen LogP contribution in [0.3, 0.4) is 0 Å². The first-order valence-corrected chi connectivity index (χ1v) is 6.38. The van der Waals surface area contributed by atoms with Crippen LogP contribution in [0, 0.1) is 0 Å². The van der Waals surface area contributed by atoms with Crippen LogP contribution in [0.4, 0.5) is 0 Å². The maximum Gasteiger partial charge on any atom is 0.257 e. The van der Waals surface area contributed by atoms with E-state index in [1.54, 1.807) is 25.3 Å². The molecule has 0 fully saturated rings. The van der Waals surface area contributed by atoms with Gasteiger partial charge in [-0.3, -0.25) is 4.79 Å². The number of benzene rings is 1. The van der Waals surface area contributed by atoms with E-state index in [9.17, 15) is 9.90 Å². The quantitative estimate of drug-likeness (QED) is 0.653. The summed E-state index contributed by atoms with van der Waals surface area (Å²) in [6.45, 7) is 0.833. The molecule has 112 valence electrons. The van der Waals surface area contributed by atoms with Crippen LogP contribution in [0.2, 0.25) is 0 Å². The van der Waals surface area contributed by atoms with Gasteiger partial charge in [-0.25, -0.2) is 0 Å². The monoisotopic (exact) mass is 283 g/mol. The maximum absolute atomic E-state index is 11.6. The summed E-state index contributed by atoms with van der Waals surface area (Å²) in [5.41, 5.74) is 0.580. The van der Waals surface area contributed by atoms with Crippen molar-refractivity contribution in [2.24, 2.45) is 0 Å². The molecule has 2 N–H and O–H groups in total. The van der Waals surface area contributed by atoms with Crippen LogP contribution in [-0.4, -0.2) is 45.0 Å². The lowest BCUT2D eigenvalue weighted by Crippen LogP contribution is -2.30. The lowest BCUT2D eigenvalue weighted by atomic mass is 10.2. The van der Waals surface area contributed by atoms with Crippen LogP contribution in [0.1, 0.15) is 12.0 Å². The van der Waals surface area contributed by atoms with Gasteiger partial charge in [-0.1, -0.05) is 12.1 Å². The Kier molecular flexibility index (Phi) is 7.46. The molecule has 0 aliphatic rings. The molecule has 6 heteroatoms. The number of carbonyl (C=O) groups is 1. The first-order chi connectivity index (χ1) is 9.72. The van der Waals surface area contributed by atoms with Crippen molar-refractivity contribution in [1.29, 1.82) is 0 Å². The van der Waals surface area contributed by atoms with E-state index in [2.05, 4.69) is 5.32 Å². The number of amides is 1. The number of methoxy groups -OCH3 is 2. The van der Waals surface area contributed by atoms with E-state index in [0.29, 0.717) is 30.2 Å². The zero-order chi connectivity index (χ0) is 14.8.